The third-order valence-corrected chi connectivity index (χ3v) is 5.22. The van der Waals surface area contributed by atoms with Gasteiger partial charge in [0.1, 0.15) is 10.7 Å². The normalized spacial score (nSPS) is 11.3. The van der Waals surface area contributed by atoms with Crippen molar-refractivity contribution in [3.63, 3.8) is 0 Å². The first kappa shape index (κ1) is 17.0. The summed E-state index contributed by atoms with van der Waals surface area (Å²) in [6, 6.07) is 12.8. The molecule has 3 rings (SSSR count). The van der Waals surface area contributed by atoms with Crippen LogP contribution in [0.1, 0.15) is 11.4 Å². The van der Waals surface area contributed by atoms with Gasteiger partial charge in [-0.2, -0.15) is 5.10 Å². The summed E-state index contributed by atoms with van der Waals surface area (Å²) in [5.74, 6) is -0.333. The minimum atomic E-state index is -3.72. The number of nitrogens with one attached hydrogen (secondary N) is 3. The summed E-state index contributed by atoms with van der Waals surface area (Å²) in [5.41, 5.74) is 2.63. The van der Waals surface area contributed by atoms with Gasteiger partial charge in [-0.25, -0.2) is 12.8 Å². The van der Waals surface area contributed by atoms with Gasteiger partial charge in [-0.1, -0.05) is 6.07 Å². The summed E-state index contributed by atoms with van der Waals surface area (Å²) in [4.78, 5) is 0.148. The predicted molar refractivity (Wildman–Crippen MR) is 95.0 cm³/mol. The Balaban J connectivity index is 1.77. The van der Waals surface area contributed by atoms with Crippen LogP contribution in [0.25, 0.3) is 0 Å². The first-order valence-electron chi connectivity index (χ1n) is 7.52. The summed E-state index contributed by atoms with van der Waals surface area (Å²) in [6.07, 6.45) is 0. The van der Waals surface area contributed by atoms with E-state index in [1.807, 2.05) is 0 Å². The van der Waals surface area contributed by atoms with Crippen LogP contribution in [0.15, 0.2) is 53.4 Å². The Labute approximate surface area is 145 Å². The van der Waals surface area contributed by atoms with E-state index in [-0.39, 0.29) is 10.7 Å². The van der Waals surface area contributed by atoms with Crippen molar-refractivity contribution in [1.82, 2.24) is 10.2 Å². The Hall–Kier alpha value is -2.87. The molecule has 0 atom stereocenters. The summed E-state index contributed by atoms with van der Waals surface area (Å²) in [6.45, 7) is 3.28. The number of aryl methyl sites for hydroxylation is 2. The van der Waals surface area contributed by atoms with Gasteiger partial charge in [0, 0.05) is 17.1 Å². The lowest BCUT2D eigenvalue weighted by Gasteiger charge is -2.10. The van der Waals surface area contributed by atoms with Crippen LogP contribution in [-0.2, 0) is 10.0 Å². The van der Waals surface area contributed by atoms with Crippen molar-refractivity contribution >= 4 is 27.1 Å². The molecule has 1 heterocycles. The van der Waals surface area contributed by atoms with E-state index in [0.717, 1.165) is 0 Å². The molecule has 1 aromatic heterocycles. The molecule has 0 saturated carbocycles. The van der Waals surface area contributed by atoms with Crippen molar-refractivity contribution in [1.29, 1.82) is 0 Å². The Bertz CT molecular complexity index is 978. The number of sulfonamides is 1. The number of benzene rings is 2. The summed E-state index contributed by atoms with van der Waals surface area (Å²) < 4.78 is 40.7. The number of anilines is 3. The van der Waals surface area contributed by atoms with Crippen LogP contribution < -0.4 is 10.0 Å². The monoisotopic (exact) mass is 360 g/mol. The molecule has 130 valence electrons. The van der Waals surface area contributed by atoms with Crippen LogP contribution in [0.5, 0.6) is 0 Å². The molecule has 0 aliphatic rings. The molecule has 0 aliphatic carbocycles. The average Bonchev–Trinajstić information content (AvgIpc) is 2.89. The Morgan fingerprint density at radius 1 is 1.00 bits per heavy atom. The van der Waals surface area contributed by atoms with Gasteiger partial charge in [-0.15, -0.1) is 0 Å². The highest BCUT2D eigenvalue weighted by Crippen LogP contribution is 2.23. The molecule has 0 aliphatic heterocycles. The zero-order chi connectivity index (χ0) is 18.0. The smallest absolute Gasteiger partial charge is 0.265 e. The molecule has 2 aromatic carbocycles. The van der Waals surface area contributed by atoms with Crippen LogP contribution in [-0.4, -0.2) is 18.6 Å². The SMILES string of the molecule is Cc1n[nH]c(C)c1S(=O)(=O)Nc1ccc(Nc2cccc(F)c2)cc1. The molecule has 0 amide bonds. The molecule has 25 heavy (non-hydrogen) atoms. The standard InChI is InChI=1S/C17H17FN4O2S/c1-11-17(12(2)21-20-11)25(23,24)22-15-8-6-14(7-9-15)19-16-5-3-4-13(18)10-16/h3-10,19,22H,1-2H3,(H,20,21). The number of rotatable bonds is 5. The van der Waals surface area contributed by atoms with Crippen LogP contribution in [0.4, 0.5) is 21.5 Å². The van der Waals surface area contributed by atoms with Gasteiger partial charge in [0.05, 0.1) is 11.4 Å². The fraction of sp³-hybridized carbons (Fsp3) is 0.118. The van der Waals surface area contributed by atoms with E-state index in [1.54, 1.807) is 50.2 Å². The zero-order valence-electron chi connectivity index (χ0n) is 13.7. The molecule has 8 heteroatoms. The Morgan fingerprint density at radius 3 is 2.28 bits per heavy atom. The van der Waals surface area contributed by atoms with Gasteiger partial charge in [-0.3, -0.25) is 9.82 Å². The quantitative estimate of drug-likeness (QED) is 0.647. The number of nitrogens with zero attached hydrogens (tertiary/aromatic N) is 1. The van der Waals surface area contributed by atoms with Crippen molar-refractivity contribution in [2.75, 3.05) is 10.0 Å². The Morgan fingerprint density at radius 2 is 1.68 bits per heavy atom. The van der Waals surface area contributed by atoms with Gasteiger partial charge >= 0.3 is 0 Å². The minimum Gasteiger partial charge on any atom is -0.355 e. The fourth-order valence-electron chi connectivity index (χ4n) is 2.50. The number of aromatic amines is 1. The number of halogens is 1. The van der Waals surface area contributed by atoms with Gasteiger partial charge in [0.25, 0.3) is 10.0 Å². The van der Waals surface area contributed by atoms with Crippen LogP contribution in [0.3, 0.4) is 0 Å². The lowest BCUT2D eigenvalue weighted by molar-refractivity contribution is 0.600. The minimum absolute atomic E-state index is 0.148. The van der Waals surface area contributed by atoms with Crippen LogP contribution in [0, 0.1) is 19.7 Å². The van der Waals surface area contributed by atoms with E-state index in [9.17, 15) is 12.8 Å². The van der Waals surface area contributed by atoms with Crippen molar-refractivity contribution in [3.05, 3.63) is 65.7 Å². The highest BCUT2D eigenvalue weighted by Gasteiger charge is 2.22. The van der Waals surface area contributed by atoms with Gasteiger partial charge in [0.15, 0.2) is 0 Å². The lowest BCUT2D eigenvalue weighted by atomic mass is 10.2. The number of aromatic nitrogens is 2. The third kappa shape index (κ3) is 3.80. The van der Waals surface area contributed by atoms with E-state index in [2.05, 4.69) is 20.2 Å². The maximum absolute atomic E-state index is 13.2. The maximum atomic E-state index is 13.2. The third-order valence-electron chi connectivity index (χ3n) is 3.58. The second-order valence-corrected chi connectivity index (χ2v) is 7.20. The molecular formula is C17H17FN4O2S. The molecule has 0 saturated heterocycles. The van der Waals surface area contributed by atoms with Gasteiger partial charge in [0.2, 0.25) is 0 Å². The molecule has 0 unspecified atom stereocenters. The zero-order valence-corrected chi connectivity index (χ0v) is 14.5. The second-order valence-electron chi connectivity index (χ2n) is 5.58. The second kappa shape index (κ2) is 6.56. The highest BCUT2D eigenvalue weighted by atomic mass is 32.2. The lowest BCUT2D eigenvalue weighted by Crippen LogP contribution is -2.14. The predicted octanol–water partition coefficient (Wildman–Crippen LogP) is 3.71. The largest absolute Gasteiger partial charge is 0.355 e. The van der Waals surface area contributed by atoms with Crippen molar-refractivity contribution in [3.8, 4) is 0 Å². The van der Waals surface area contributed by atoms with Gasteiger partial charge in [-0.05, 0) is 56.3 Å². The first-order chi connectivity index (χ1) is 11.8. The van der Waals surface area contributed by atoms with Crippen molar-refractivity contribution in [2.24, 2.45) is 0 Å². The van der Waals surface area contributed by atoms with Crippen molar-refractivity contribution in [2.45, 2.75) is 18.7 Å². The number of H-pyrrole nitrogens is 1. The molecular weight excluding hydrogens is 343 g/mol. The summed E-state index contributed by atoms with van der Waals surface area (Å²) in [7, 11) is -3.72. The van der Waals surface area contributed by atoms with E-state index >= 15 is 0 Å². The van der Waals surface area contributed by atoms with E-state index in [4.69, 9.17) is 0 Å². The highest BCUT2D eigenvalue weighted by molar-refractivity contribution is 7.92. The molecule has 3 N–H and O–H groups in total. The van der Waals surface area contributed by atoms with E-state index < -0.39 is 10.0 Å². The summed E-state index contributed by atoms with van der Waals surface area (Å²) in [5, 5.41) is 9.62. The van der Waals surface area contributed by atoms with E-state index in [1.165, 1.54) is 12.1 Å². The van der Waals surface area contributed by atoms with Crippen LogP contribution >= 0.6 is 0 Å². The van der Waals surface area contributed by atoms with E-state index in [0.29, 0.717) is 28.5 Å². The molecule has 6 nitrogen and oxygen atoms in total. The molecule has 0 fully saturated rings. The topological polar surface area (TPSA) is 86.9 Å². The fourth-order valence-corrected chi connectivity index (χ4v) is 3.93. The molecule has 3 aromatic rings. The molecule has 0 radical (unpaired) electrons. The molecule has 0 bridgehead atoms. The van der Waals surface area contributed by atoms with Crippen LogP contribution in [0.2, 0.25) is 0 Å². The Kier molecular flexibility index (Phi) is 4.45. The van der Waals surface area contributed by atoms with Gasteiger partial charge < -0.3 is 5.32 Å². The first-order valence-corrected chi connectivity index (χ1v) is 9.00. The maximum Gasteiger partial charge on any atom is 0.265 e. The average molecular weight is 360 g/mol. The number of hydrogen-bond acceptors (Lipinski definition) is 4. The summed E-state index contributed by atoms with van der Waals surface area (Å²) >= 11 is 0. The number of hydrogen-bond donors (Lipinski definition) is 3. The van der Waals surface area contributed by atoms with Crippen molar-refractivity contribution < 1.29 is 12.8 Å². The molecule has 0 spiro atoms.